The number of Topliss-reactive ketones (excluding diaryl/α,β-unsaturated/α-hetero) is 1. The molecular weight excluding hydrogens is 386 g/mol. The lowest BCUT2D eigenvalue weighted by Crippen LogP contribution is -2.41. The van der Waals surface area contributed by atoms with Gasteiger partial charge in [0.2, 0.25) is 0 Å². The molecular formula is C22H19N3O5. The van der Waals surface area contributed by atoms with E-state index in [1.54, 1.807) is 0 Å². The fraction of sp³-hybridized carbons (Fsp3) is 0.136. The second-order valence-corrected chi connectivity index (χ2v) is 6.55. The first kappa shape index (κ1) is 20.7. The molecule has 1 aromatic heterocycles. The standard InChI is InChI=1S/C22H19N3O5/c26-19-11-4-5-14-24(19)20(21(27)17-9-6-10-18(15-17)25(29)30)22(28)23-13-12-16-7-2-1-3-8-16/h1-11,14-15,20H,12-13H2,(H,23,28). The fourth-order valence-electron chi connectivity index (χ4n) is 3.03. The summed E-state index contributed by atoms with van der Waals surface area (Å²) in [6.07, 6.45) is 1.90. The van der Waals surface area contributed by atoms with Crippen LogP contribution in [0.3, 0.4) is 0 Å². The minimum atomic E-state index is -1.48. The van der Waals surface area contributed by atoms with Gasteiger partial charge < -0.3 is 5.32 Å². The molecule has 0 radical (unpaired) electrons. The Morgan fingerprint density at radius 3 is 2.43 bits per heavy atom. The monoisotopic (exact) mass is 405 g/mol. The Kier molecular flexibility index (Phi) is 6.49. The highest BCUT2D eigenvalue weighted by Crippen LogP contribution is 2.19. The van der Waals surface area contributed by atoms with Gasteiger partial charge in [0, 0.05) is 36.5 Å². The Morgan fingerprint density at radius 2 is 1.73 bits per heavy atom. The minimum Gasteiger partial charge on any atom is -0.354 e. The third-order valence-corrected chi connectivity index (χ3v) is 4.52. The van der Waals surface area contributed by atoms with Gasteiger partial charge in [-0.1, -0.05) is 48.5 Å². The highest BCUT2D eigenvalue weighted by atomic mass is 16.6. The number of nitrogens with zero attached hydrogens (tertiary/aromatic N) is 2. The first-order valence-corrected chi connectivity index (χ1v) is 9.25. The van der Waals surface area contributed by atoms with Crippen LogP contribution in [-0.4, -0.2) is 27.7 Å². The van der Waals surface area contributed by atoms with Crippen LogP contribution in [0.4, 0.5) is 5.69 Å². The van der Waals surface area contributed by atoms with Crippen molar-refractivity contribution in [1.29, 1.82) is 0 Å². The molecule has 1 unspecified atom stereocenters. The van der Waals surface area contributed by atoms with E-state index in [9.17, 15) is 24.5 Å². The van der Waals surface area contributed by atoms with Crippen LogP contribution in [0, 0.1) is 10.1 Å². The quantitative estimate of drug-likeness (QED) is 0.268. The molecule has 0 aliphatic rings. The summed E-state index contributed by atoms with van der Waals surface area (Å²) in [6, 6.07) is 17.4. The van der Waals surface area contributed by atoms with Crippen LogP contribution in [0.1, 0.15) is 22.0 Å². The second-order valence-electron chi connectivity index (χ2n) is 6.55. The number of ketones is 1. The molecule has 1 N–H and O–H groups in total. The van der Waals surface area contributed by atoms with Crippen molar-refractivity contribution in [3.8, 4) is 0 Å². The highest BCUT2D eigenvalue weighted by Gasteiger charge is 2.30. The van der Waals surface area contributed by atoms with Gasteiger partial charge in [-0.05, 0) is 18.1 Å². The Balaban J connectivity index is 1.87. The van der Waals surface area contributed by atoms with Crippen molar-refractivity contribution in [3.63, 3.8) is 0 Å². The van der Waals surface area contributed by atoms with Gasteiger partial charge in [-0.15, -0.1) is 0 Å². The average Bonchev–Trinajstić information content (AvgIpc) is 2.76. The maximum Gasteiger partial charge on any atom is 0.270 e. The number of non-ortho nitro benzene ring substituents is 1. The van der Waals surface area contributed by atoms with Crippen LogP contribution in [0.2, 0.25) is 0 Å². The smallest absolute Gasteiger partial charge is 0.270 e. The number of carbonyl (C=O) groups is 2. The number of hydrogen-bond donors (Lipinski definition) is 1. The number of pyridine rings is 1. The third kappa shape index (κ3) is 4.85. The van der Waals surface area contributed by atoms with Crippen LogP contribution in [0.25, 0.3) is 0 Å². The van der Waals surface area contributed by atoms with Gasteiger partial charge in [-0.25, -0.2) is 0 Å². The summed E-state index contributed by atoms with van der Waals surface area (Å²) in [7, 11) is 0. The Morgan fingerprint density at radius 1 is 1.00 bits per heavy atom. The number of nitro benzene ring substituents is 1. The van der Waals surface area contributed by atoms with E-state index in [2.05, 4.69) is 5.32 Å². The summed E-state index contributed by atoms with van der Waals surface area (Å²) >= 11 is 0. The molecule has 8 nitrogen and oxygen atoms in total. The summed E-state index contributed by atoms with van der Waals surface area (Å²) in [5.74, 6) is -1.36. The van der Waals surface area contributed by atoms with Crippen molar-refractivity contribution in [2.75, 3.05) is 6.54 Å². The predicted molar refractivity (Wildman–Crippen MR) is 110 cm³/mol. The molecule has 0 saturated heterocycles. The summed E-state index contributed by atoms with van der Waals surface area (Å²) in [6.45, 7) is 0.267. The topological polar surface area (TPSA) is 111 Å². The van der Waals surface area contributed by atoms with E-state index < -0.39 is 28.2 Å². The molecule has 30 heavy (non-hydrogen) atoms. The van der Waals surface area contributed by atoms with E-state index in [0.29, 0.717) is 6.42 Å². The van der Waals surface area contributed by atoms with Gasteiger partial charge in [-0.2, -0.15) is 0 Å². The van der Waals surface area contributed by atoms with Crippen LogP contribution in [0.5, 0.6) is 0 Å². The van der Waals surface area contributed by atoms with E-state index in [4.69, 9.17) is 0 Å². The minimum absolute atomic E-state index is 0.0248. The van der Waals surface area contributed by atoms with Crippen molar-refractivity contribution < 1.29 is 14.5 Å². The summed E-state index contributed by atoms with van der Waals surface area (Å²) in [5, 5.41) is 13.7. The number of carbonyl (C=O) groups excluding carboxylic acids is 2. The maximum absolute atomic E-state index is 13.1. The second kappa shape index (κ2) is 9.42. The molecule has 1 heterocycles. The van der Waals surface area contributed by atoms with E-state index in [-0.39, 0.29) is 17.8 Å². The highest BCUT2D eigenvalue weighted by molar-refractivity contribution is 6.12. The number of hydrogen-bond acceptors (Lipinski definition) is 5. The van der Waals surface area contributed by atoms with Crippen LogP contribution in [0.15, 0.2) is 83.8 Å². The average molecular weight is 405 g/mol. The largest absolute Gasteiger partial charge is 0.354 e. The van der Waals surface area contributed by atoms with Gasteiger partial charge >= 0.3 is 0 Å². The lowest BCUT2D eigenvalue weighted by Gasteiger charge is -2.18. The van der Waals surface area contributed by atoms with E-state index in [1.165, 1.54) is 42.6 Å². The first-order valence-electron chi connectivity index (χ1n) is 9.25. The molecule has 3 aromatic rings. The van der Waals surface area contributed by atoms with Crippen LogP contribution >= 0.6 is 0 Å². The zero-order chi connectivity index (χ0) is 21.5. The zero-order valence-corrected chi connectivity index (χ0v) is 15.9. The Labute approximate surface area is 171 Å². The molecule has 0 saturated carbocycles. The van der Waals surface area contributed by atoms with Crippen LogP contribution in [-0.2, 0) is 11.2 Å². The van der Waals surface area contributed by atoms with Gasteiger partial charge in [0.05, 0.1) is 4.92 Å². The maximum atomic E-state index is 13.1. The molecule has 0 fully saturated rings. The van der Waals surface area contributed by atoms with E-state index >= 15 is 0 Å². The molecule has 8 heteroatoms. The summed E-state index contributed by atoms with van der Waals surface area (Å²) < 4.78 is 1.03. The van der Waals surface area contributed by atoms with E-state index in [0.717, 1.165) is 16.2 Å². The molecule has 0 aliphatic carbocycles. The van der Waals surface area contributed by atoms with Crippen molar-refractivity contribution >= 4 is 17.4 Å². The van der Waals surface area contributed by atoms with Crippen molar-refractivity contribution in [3.05, 3.63) is 111 Å². The van der Waals surface area contributed by atoms with Gasteiger partial charge in [0.1, 0.15) is 0 Å². The number of rotatable bonds is 8. The van der Waals surface area contributed by atoms with Gasteiger partial charge in [0.25, 0.3) is 17.2 Å². The number of nitro groups is 1. The molecule has 0 aliphatic heterocycles. The summed E-state index contributed by atoms with van der Waals surface area (Å²) in [4.78, 5) is 48.7. The summed E-state index contributed by atoms with van der Waals surface area (Å²) in [5.41, 5.74) is 0.184. The molecule has 1 amide bonds. The predicted octanol–water partition coefficient (Wildman–Crippen LogP) is 2.54. The van der Waals surface area contributed by atoms with Crippen molar-refractivity contribution in [2.45, 2.75) is 12.5 Å². The van der Waals surface area contributed by atoms with E-state index in [1.807, 2.05) is 30.3 Å². The number of benzene rings is 2. The molecule has 3 rings (SSSR count). The number of amides is 1. The Hall–Kier alpha value is -4.07. The molecule has 1 atom stereocenters. The Bertz CT molecular complexity index is 1120. The zero-order valence-electron chi connectivity index (χ0n) is 15.9. The fourth-order valence-corrected chi connectivity index (χ4v) is 3.03. The number of nitrogens with one attached hydrogen (secondary N) is 1. The lowest BCUT2D eigenvalue weighted by atomic mass is 10.0. The molecule has 2 aromatic carbocycles. The van der Waals surface area contributed by atoms with Crippen molar-refractivity contribution in [1.82, 2.24) is 9.88 Å². The van der Waals surface area contributed by atoms with Crippen LogP contribution < -0.4 is 10.9 Å². The normalized spacial score (nSPS) is 11.5. The molecule has 0 bridgehead atoms. The number of aromatic nitrogens is 1. The molecule has 152 valence electrons. The molecule has 0 spiro atoms. The first-order chi connectivity index (χ1) is 14.5. The third-order valence-electron chi connectivity index (χ3n) is 4.52. The van der Waals surface area contributed by atoms with Gasteiger partial charge in [0.15, 0.2) is 11.8 Å². The SMILES string of the molecule is O=C(NCCc1ccccc1)C(C(=O)c1cccc([N+](=O)[O-])c1)n1ccccc1=O. The lowest BCUT2D eigenvalue weighted by molar-refractivity contribution is -0.384. The van der Waals surface area contributed by atoms with Crippen molar-refractivity contribution in [2.24, 2.45) is 0 Å². The van der Waals surface area contributed by atoms with Gasteiger partial charge in [-0.3, -0.25) is 29.1 Å².